The van der Waals surface area contributed by atoms with Gasteiger partial charge in [0.2, 0.25) is 0 Å². The van der Waals surface area contributed by atoms with Crippen molar-refractivity contribution >= 4 is 5.91 Å². The average molecular weight is 343 g/mol. The zero-order valence-corrected chi connectivity index (χ0v) is 14.8. The van der Waals surface area contributed by atoms with Crippen molar-refractivity contribution in [2.45, 2.75) is 57.2 Å². The van der Waals surface area contributed by atoms with Crippen molar-refractivity contribution in [1.82, 2.24) is 24.6 Å². The molecule has 2 aromatic rings. The molecule has 2 aliphatic rings. The molecule has 0 radical (unpaired) electrons. The molecule has 1 aliphatic carbocycles. The van der Waals surface area contributed by atoms with Crippen LogP contribution in [0.4, 0.5) is 0 Å². The third-order valence-electron chi connectivity index (χ3n) is 5.49. The number of rotatable bonds is 4. The molecule has 2 fully saturated rings. The summed E-state index contributed by atoms with van der Waals surface area (Å²) in [4.78, 5) is 19.6. The van der Waals surface area contributed by atoms with Crippen molar-refractivity contribution in [3.63, 3.8) is 0 Å². The van der Waals surface area contributed by atoms with Gasteiger partial charge in [-0.2, -0.15) is 5.10 Å². The van der Waals surface area contributed by atoms with E-state index in [-0.39, 0.29) is 18.1 Å². The van der Waals surface area contributed by atoms with E-state index in [1.54, 1.807) is 7.11 Å². The van der Waals surface area contributed by atoms with Crippen molar-refractivity contribution in [2.24, 2.45) is 0 Å². The second kappa shape index (κ2) is 6.63. The third-order valence-corrected chi connectivity index (χ3v) is 5.49. The first-order chi connectivity index (χ1) is 12.2. The molecule has 0 spiro atoms. The molecule has 134 valence electrons. The smallest absolute Gasteiger partial charge is 0.271 e. The number of aromatic amines is 1. The number of ether oxygens (including phenoxy) is 1. The summed E-state index contributed by atoms with van der Waals surface area (Å²) in [5, 5.41) is 7.17. The van der Waals surface area contributed by atoms with E-state index in [0.717, 1.165) is 30.8 Å². The van der Waals surface area contributed by atoms with E-state index >= 15 is 0 Å². The third kappa shape index (κ3) is 2.97. The fraction of sp³-hybridized carbons (Fsp3) is 0.611. The Morgan fingerprint density at radius 2 is 2.16 bits per heavy atom. The van der Waals surface area contributed by atoms with Gasteiger partial charge in [0.15, 0.2) is 5.82 Å². The maximum absolute atomic E-state index is 13.3. The molecule has 25 heavy (non-hydrogen) atoms. The minimum Gasteiger partial charge on any atom is -0.380 e. The molecule has 7 heteroatoms. The minimum absolute atomic E-state index is 0.0163. The molecule has 0 bridgehead atoms. The highest BCUT2D eigenvalue weighted by Crippen LogP contribution is 2.35. The van der Waals surface area contributed by atoms with Crippen LogP contribution in [0.2, 0.25) is 0 Å². The number of nitrogens with one attached hydrogen (secondary N) is 1. The number of aryl methyl sites for hydroxylation is 1. The summed E-state index contributed by atoms with van der Waals surface area (Å²) >= 11 is 0. The average Bonchev–Trinajstić information content (AvgIpc) is 3.37. The molecule has 0 aromatic carbocycles. The van der Waals surface area contributed by atoms with Crippen LogP contribution in [0, 0.1) is 6.92 Å². The van der Waals surface area contributed by atoms with Gasteiger partial charge in [-0.15, -0.1) is 0 Å². The van der Waals surface area contributed by atoms with Crippen LogP contribution in [-0.4, -0.2) is 50.3 Å². The van der Waals surface area contributed by atoms with E-state index < -0.39 is 0 Å². The van der Waals surface area contributed by atoms with Crippen molar-refractivity contribution in [1.29, 1.82) is 0 Å². The number of methoxy groups -OCH3 is 1. The molecule has 1 aliphatic heterocycles. The zero-order chi connectivity index (χ0) is 17.4. The molecule has 2 atom stereocenters. The van der Waals surface area contributed by atoms with Gasteiger partial charge in [0.25, 0.3) is 5.91 Å². The molecule has 1 saturated heterocycles. The zero-order valence-electron chi connectivity index (χ0n) is 14.8. The number of hydrogen-bond donors (Lipinski definition) is 1. The summed E-state index contributed by atoms with van der Waals surface area (Å²) in [6.07, 6.45) is 7.57. The summed E-state index contributed by atoms with van der Waals surface area (Å²) in [6, 6.07) is 4.20. The van der Waals surface area contributed by atoms with Gasteiger partial charge in [-0.3, -0.25) is 9.89 Å². The summed E-state index contributed by atoms with van der Waals surface area (Å²) in [6.45, 7) is 2.44. The van der Waals surface area contributed by atoms with Crippen LogP contribution in [0.3, 0.4) is 0 Å². The van der Waals surface area contributed by atoms with Crippen LogP contribution in [0.25, 0.3) is 0 Å². The molecule has 1 amide bonds. The number of carbonyl (C=O) groups excluding carboxylic acids is 1. The van der Waals surface area contributed by atoms with E-state index in [2.05, 4.69) is 19.7 Å². The fourth-order valence-corrected chi connectivity index (χ4v) is 4.17. The van der Waals surface area contributed by atoms with E-state index in [9.17, 15) is 4.79 Å². The Morgan fingerprint density at radius 1 is 1.36 bits per heavy atom. The molecule has 1 N–H and O–H groups in total. The Hall–Kier alpha value is -2.15. The minimum atomic E-state index is -0.144. The van der Waals surface area contributed by atoms with Gasteiger partial charge in [0.05, 0.1) is 12.1 Å². The number of H-pyrrole nitrogens is 1. The fourth-order valence-electron chi connectivity index (χ4n) is 4.17. The highest BCUT2D eigenvalue weighted by molar-refractivity contribution is 5.93. The second-order valence-electron chi connectivity index (χ2n) is 7.08. The number of amides is 1. The van der Waals surface area contributed by atoms with Gasteiger partial charge in [-0.1, -0.05) is 12.8 Å². The van der Waals surface area contributed by atoms with Crippen LogP contribution in [0.15, 0.2) is 18.3 Å². The molecule has 2 aromatic heterocycles. The lowest BCUT2D eigenvalue weighted by molar-refractivity contribution is 0.0672. The lowest BCUT2D eigenvalue weighted by atomic mass is 10.2. The maximum atomic E-state index is 13.3. The number of likely N-dealkylation sites (tertiary alicyclic amines) is 1. The van der Waals surface area contributed by atoms with E-state index in [1.165, 1.54) is 12.8 Å². The molecule has 7 nitrogen and oxygen atoms in total. The quantitative estimate of drug-likeness (QED) is 0.926. The van der Waals surface area contributed by atoms with E-state index in [1.807, 2.05) is 30.2 Å². The number of nitrogens with zero attached hydrogens (tertiary/aromatic N) is 4. The predicted octanol–water partition coefficient (Wildman–Crippen LogP) is 2.63. The van der Waals surface area contributed by atoms with Crippen LogP contribution in [0.5, 0.6) is 0 Å². The largest absolute Gasteiger partial charge is 0.380 e. The summed E-state index contributed by atoms with van der Waals surface area (Å²) in [5.74, 6) is 1.48. The Labute approximate surface area is 147 Å². The molecule has 3 heterocycles. The van der Waals surface area contributed by atoms with Crippen LogP contribution in [-0.2, 0) is 4.74 Å². The van der Waals surface area contributed by atoms with Gasteiger partial charge in [0, 0.05) is 32.3 Å². The normalized spacial score (nSPS) is 24.3. The number of aromatic nitrogens is 4. The molecular formula is C18H25N5O2. The molecule has 0 unspecified atom stereocenters. The summed E-state index contributed by atoms with van der Waals surface area (Å²) < 4.78 is 7.69. The van der Waals surface area contributed by atoms with E-state index in [0.29, 0.717) is 18.4 Å². The molecule has 1 saturated carbocycles. The van der Waals surface area contributed by atoms with Gasteiger partial charge in [0.1, 0.15) is 11.5 Å². The van der Waals surface area contributed by atoms with Crippen molar-refractivity contribution in [3.8, 4) is 0 Å². The van der Waals surface area contributed by atoms with Crippen molar-refractivity contribution in [2.75, 3.05) is 13.7 Å². The first kappa shape index (κ1) is 16.3. The lowest BCUT2D eigenvalue weighted by Gasteiger charge is -2.24. The van der Waals surface area contributed by atoms with Crippen molar-refractivity contribution < 1.29 is 9.53 Å². The number of carbonyl (C=O) groups is 1. The summed E-state index contributed by atoms with van der Waals surface area (Å²) in [7, 11) is 1.69. The first-order valence-corrected chi connectivity index (χ1v) is 9.07. The SMILES string of the molecule is CO[C@@H]1C[C@@H](c2n[nH]c(C)n2)N(C(=O)c2cccn2C2CCCC2)C1. The van der Waals surface area contributed by atoms with Gasteiger partial charge in [-0.25, -0.2) is 4.98 Å². The Bertz CT molecular complexity index is 746. The maximum Gasteiger partial charge on any atom is 0.271 e. The second-order valence-corrected chi connectivity index (χ2v) is 7.08. The van der Waals surface area contributed by atoms with Crippen molar-refractivity contribution in [3.05, 3.63) is 35.7 Å². The highest BCUT2D eigenvalue weighted by Gasteiger charge is 2.40. The Balaban J connectivity index is 1.62. The van der Waals surface area contributed by atoms with Crippen LogP contribution >= 0.6 is 0 Å². The van der Waals surface area contributed by atoms with Gasteiger partial charge in [-0.05, 0) is 31.9 Å². The van der Waals surface area contributed by atoms with E-state index in [4.69, 9.17) is 4.74 Å². The van der Waals surface area contributed by atoms with Gasteiger partial charge >= 0.3 is 0 Å². The predicted molar refractivity (Wildman–Crippen MR) is 92.2 cm³/mol. The Kier molecular flexibility index (Phi) is 4.33. The monoisotopic (exact) mass is 343 g/mol. The first-order valence-electron chi connectivity index (χ1n) is 9.07. The molecular weight excluding hydrogens is 318 g/mol. The lowest BCUT2D eigenvalue weighted by Crippen LogP contribution is -2.34. The standard InChI is InChI=1S/C18H25N5O2/c1-12-19-17(21-20-12)16-10-14(25-2)11-23(16)18(24)15-8-5-9-22(15)13-6-3-4-7-13/h5,8-9,13-14,16H,3-4,6-7,10-11H2,1-2H3,(H,19,20,21)/t14-,16+/m1/s1. The summed E-state index contributed by atoms with van der Waals surface area (Å²) in [5.41, 5.74) is 0.765. The molecule has 4 rings (SSSR count). The van der Waals surface area contributed by atoms with Gasteiger partial charge < -0.3 is 14.2 Å². The van der Waals surface area contributed by atoms with Crippen LogP contribution in [0.1, 0.15) is 66.3 Å². The van der Waals surface area contributed by atoms with Crippen LogP contribution < -0.4 is 0 Å². The topological polar surface area (TPSA) is 76.0 Å². The number of hydrogen-bond acceptors (Lipinski definition) is 4. The highest BCUT2D eigenvalue weighted by atomic mass is 16.5. The Morgan fingerprint density at radius 3 is 2.84 bits per heavy atom.